The number of amides is 2. The summed E-state index contributed by atoms with van der Waals surface area (Å²) in [4.78, 5) is 40.3. The summed E-state index contributed by atoms with van der Waals surface area (Å²) in [6.45, 7) is 3.15. The van der Waals surface area contributed by atoms with Gasteiger partial charge >= 0.3 is 0 Å². The van der Waals surface area contributed by atoms with Gasteiger partial charge in [0.15, 0.2) is 0 Å². The summed E-state index contributed by atoms with van der Waals surface area (Å²) in [5.74, 6) is 0.483. The van der Waals surface area contributed by atoms with Crippen LogP contribution in [0.4, 0.5) is 0 Å². The summed E-state index contributed by atoms with van der Waals surface area (Å²) in [5, 5.41) is 0. The van der Waals surface area contributed by atoms with Crippen LogP contribution in [-0.4, -0.2) is 62.7 Å². The highest BCUT2D eigenvalue weighted by molar-refractivity contribution is 5.78. The number of H-pyrrole nitrogens is 1. The maximum atomic E-state index is 12.6. The number of imidazole rings is 1. The van der Waals surface area contributed by atoms with E-state index in [0.717, 1.165) is 69.5 Å². The van der Waals surface area contributed by atoms with E-state index in [0.29, 0.717) is 12.8 Å². The number of aryl methyl sites for hydroxylation is 1. The monoisotopic (exact) mass is 395 g/mol. The van der Waals surface area contributed by atoms with Gasteiger partial charge < -0.3 is 14.8 Å². The number of likely N-dealkylation sites (tertiary alicyclic amines) is 2. The van der Waals surface area contributed by atoms with Gasteiger partial charge in [-0.05, 0) is 42.7 Å². The molecule has 4 heterocycles. The Morgan fingerprint density at radius 2 is 2.00 bits per heavy atom. The molecule has 2 amide bonds. The zero-order chi connectivity index (χ0) is 20.1. The van der Waals surface area contributed by atoms with E-state index in [-0.39, 0.29) is 17.2 Å². The van der Waals surface area contributed by atoms with Gasteiger partial charge in [-0.15, -0.1) is 0 Å². The van der Waals surface area contributed by atoms with Crippen LogP contribution in [0.3, 0.4) is 0 Å². The van der Waals surface area contributed by atoms with Crippen molar-refractivity contribution in [1.29, 1.82) is 0 Å². The molecule has 2 saturated heterocycles. The van der Waals surface area contributed by atoms with E-state index in [1.54, 1.807) is 12.5 Å². The lowest BCUT2D eigenvalue weighted by Gasteiger charge is -2.47. The van der Waals surface area contributed by atoms with E-state index in [1.807, 2.05) is 34.3 Å². The fraction of sp³-hybridized carbons (Fsp3) is 0.545. The molecule has 0 atom stereocenters. The van der Waals surface area contributed by atoms with Crippen LogP contribution in [0.2, 0.25) is 0 Å². The molecule has 0 radical (unpaired) electrons. The Bertz CT molecular complexity index is 813. The van der Waals surface area contributed by atoms with Gasteiger partial charge in [0, 0.05) is 69.7 Å². The Morgan fingerprint density at radius 1 is 1.14 bits per heavy atom. The summed E-state index contributed by atoms with van der Waals surface area (Å²) in [7, 11) is 0. The fourth-order valence-corrected chi connectivity index (χ4v) is 4.58. The first-order chi connectivity index (χ1) is 14.1. The Kier molecular flexibility index (Phi) is 5.92. The second kappa shape index (κ2) is 8.76. The Morgan fingerprint density at radius 3 is 2.72 bits per heavy atom. The number of rotatable bonds is 6. The average molecular weight is 396 g/mol. The van der Waals surface area contributed by atoms with Crippen LogP contribution >= 0.6 is 0 Å². The lowest BCUT2D eigenvalue weighted by Crippen LogP contribution is -2.52. The van der Waals surface area contributed by atoms with Crippen molar-refractivity contribution >= 4 is 11.8 Å². The van der Waals surface area contributed by atoms with Gasteiger partial charge in [0.05, 0.1) is 6.33 Å². The third-order valence-electron chi connectivity index (χ3n) is 6.48. The first kappa shape index (κ1) is 19.6. The van der Waals surface area contributed by atoms with Crippen molar-refractivity contribution in [2.75, 3.05) is 26.2 Å². The number of carbonyl (C=O) groups excluding carboxylic acids is 2. The summed E-state index contributed by atoms with van der Waals surface area (Å²) in [5.41, 5.74) is 2.33. The minimum absolute atomic E-state index is 0.169. The predicted molar refractivity (Wildman–Crippen MR) is 109 cm³/mol. The highest BCUT2D eigenvalue weighted by Gasteiger charge is 2.41. The number of aromatic nitrogens is 3. The Labute approximate surface area is 171 Å². The van der Waals surface area contributed by atoms with Gasteiger partial charge in [-0.1, -0.05) is 6.07 Å². The van der Waals surface area contributed by atoms with Crippen molar-refractivity contribution in [3.8, 4) is 0 Å². The molecule has 2 aromatic rings. The van der Waals surface area contributed by atoms with Crippen molar-refractivity contribution in [3.05, 3.63) is 48.3 Å². The van der Waals surface area contributed by atoms with Gasteiger partial charge in [-0.3, -0.25) is 14.6 Å². The van der Waals surface area contributed by atoms with E-state index < -0.39 is 0 Å². The minimum Gasteiger partial charge on any atom is -0.348 e. The fourth-order valence-electron chi connectivity index (χ4n) is 4.58. The summed E-state index contributed by atoms with van der Waals surface area (Å²) in [6.07, 6.45) is 12.7. The number of piperidine rings is 2. The molecule has 0 bridgehead atoms. The zero-order valence-electron chi connectivity index (χ0n) is 16.8. The maximum Gasteiger partial charge on any atom is 0.222 e. The lowest BCUT2D eigenvalue weighted by atomic mass is 9.72. The number of aromatic amines is 1. The first-order valence-corrected chi connectivity index (χ1v) is 10.6. The quantitative estimate of drug-likeness (QED) is 0.813. The molecule has 0 unspecified atom stereocenters. The molecular formula is C22H29N5O2. The third-order valence-corrected chi connectivity index (χ3v) is 6.48. The van der Waals surface area contributed by atoms with E-state index >= 15 is 0 Å². The molecule has 1 spiro atoms. The van der Waals surface area contributed by atoms with Crippen LogP contribution in [0, 0.1) is 5.41 Å². The highest BCUT2D eigenvalue weighted by atomic mass is 16.2. The van der Waals surface area contributed by atoms with Crippen molar-refractivity contribution in [3.63, 3.8) is 0 Å². The second-order valence-corrected chi connectivity index (χ2v) is 8.38. The third kappa shape index (κ3) is 4.83. The van der Waals surface area contributed by atoms with Crippen LogP contribution in [-0.2, 0) is 22.4 Å². The molecule has 29 heavy (non-hydrogen) atoms. The molecule has 0 aliphatic carbocycles. The van der Waals surface area contributed by atoms with E-state index in [4.69, 9.17) is 0 Å². The lowest BCUT2D eigenvalue weighted by molar-refractivity contribution is -0.142. The molecule has 7 heteroatoms. The molecule has 1 N–H and O–H groups in total. The molecule has 2 aromatic heterocycles. The van der Waals surface area contributed by atoms with Gasteiger partial charge in [0.1, 0.15) is 0 Å². The smallest absolute Gasteiger partial charge is 0.222 e. The van der Waals surface area contributed by atoms with Gasteiger partial charge in [-0.25, -0.2) is 4.98 Å². The summed E-state index contributed by atoms with van der Waals surface area (Å²) >= 11 is 0. The normalized spacial score (nSPS) is 19.0. The largest absolute Gasteiger partial charge is 0.348 e. The summed E-state index contributed by atoms with van der Waals surface area (Å²) in [6, 6.07) is 3.93. The second-order valence-electron chi connectivity index (χ2n) is 8.38. The van der Waals surface area contributed by atoms with Crippen molar-refractivity contribution in [2.24, 2.45) is 5.41 Å². The molecule has 7 nitrogen and oxygen atoms in total. The molecular weight excluding hydrogens is 366 g/mol. The molecule has 154 valence electrons. The number of hydrogen-bond donors (Lipinski definition) is 1. The number of nitrogens with one attached hydrogen (secondary N) is 1. The van der Waals surface area contributed by atoms with Crippen LogP contribution in [0.5, 0.6) is 0 Å². The van der Waals surface area contributed by atoms with Crippen LogP contribution in [0.15, 0.2) is 37.1 Å². The minimum atomic E-state index is 0.169. The molecule has 0 aromatic carbocycles. The number of hydrogen-bond acceptors (Lipinski definition) is 4. The van der Waals surface area contributed by atoms with Crippen molar-refractivity contribution < 1.29 is 9.59 Å². The number of pyridine rings is 1. The standard InChI is InChI=1S/C22H29N5O2/c28-20(4-3-18-2-1-10-23-14-18)26-12-8-22(9-13-26)7-5-21(29)27(16-22)11-6-19-15-24-17-25-19/h1-2,10,14-15,17H,3-9,11-13,16H2,(H,24,25). The SMILES string of the molecule is O=C(CCc1cccnc1)N1CCC2(CCC(=O)N(CCc3cnc[nH]3)C2)CC1. The summed E-state index contributed by atoms with van der Waals surface area (Å²) < 4.78 is 0. The zero-order valence-corrected chi connectivity index (χ0v) is 16.8. The van der Waals surface area contributed by atoms with E-state index in [1.165, 1.54) is 0 Å². The van der Waals surface area contributed by atoms with E-state index in [9.17, 15) is 9.59 Å². The molecule has 4 rings (SSSR count). The average Bonchev–Trinajstić information content (AvgIpc) is 3.28. The van der Waals surface area contributed by atoms with Crippen molar-refractivity contribution in [1.82, 2.24) is 24.8 Å². The molecule has 0 saturated carbocycles. The van der Waals surface area contributed by atoms with Crippen LogP contribution < -0.4 is 0 Å². The number of nitrogens with zero attached hydrogens (tertiary/aromatic N) is 4. The van der Waals surface area contributed by atoms with Gasteiger partial charge in [-0.2, -0.15) is 0 Å². The van der Waals surface area contributed by atoms with Crippen molar-refractivity contribution in [2.45, 2.75) is 44.9 Å². The molecule has 2 fully saturated rings. The maximum absolute atomic E-state index is 12.6. The predicted octanol–water partition coefficient (Wildman–Crippen LogP) is 2.21. The molecule has 2 aliphatic rings. The van der Waals surface area contributed by atoms with Crippen LogP contribution in [0.25, 0.3) is 0 Å². The Balaban J connectivity index is 1.27. The first-order valence-electron chi connectivity index (χ1n) is 10.6. The van der Waals surface area contributed by atoms with E-state index in [2.05, 4.69) is 15.0 Å². The highest BCUT2D eigenvalue weighted by Crippen LogP contribution is 2.40. The number of carbonyl (C=O) groups is 2. The topological polar surface area (TPSA) is 82.2 Å². The van der Waals surface area contributed by atoms with Crippen LogP contribution in [0.1, 0.15) is 43.4 Å². The molecule has 2 aliphatic heterocycles. The van der Waals surface area contributed by atoms with Gasteiger partial charge in [0.25, 0.3) is 0 Å². The Hall–Kier alpha value is -2.70. The van der Waals surface area contributed by atoms with Gasteiger partial charge in [0.2, 0.25) is 11.8 Å².